The molecule has 2 aliphatic heterocycles. The average molecular weight is 302 g/mol. The molecular weight excluding hydrogens is 272 g/mol. The number of hydrazine groups is 2. The van der Waals surface area contributed by atoms with Crippen molar-refractivity contribution in [3.05, 3.63) is 24.3 Å². The Labute approximate surface area is 134 Å². The third-order valence-electron chi connectivity index (χ3n) is 4.95. The third-order valence-corrected chi connectivity index (χ3v) is 4.95. The van der Waals surface area contributed by atoms with Gasteiger partial charge in [0.15, 0.2) is 0 Å². The van der Waals surface area contributed by atoms with Gasteiger partial charge in [-0.2, -0.15) is 0 Å². The lowest BCUT2D eigenvalue weighted by molar-refractivity contribution is 0.174. The summed E-state index contributed by atoms with van der Waals surface area (Å²) in [7, 11) is 0. The number of benzene rings is 1. The fourth-order valence-electron chi connectivity index (χ4n) is 3.62. The molecule has 0 unspecified atom stereocenters. The monoisotopic (exact) mass is 302 g/mol. The van der Waals surface area contributed by atoms with Crippen LogP contribution in [0.15, 0.2) is 24.3 Å². The number of nitrogens with one attached hydrogen (secondary N) is 2. The van der Waals surface area contributed by atoms with Gasteiger partial charge in [-0.05, 0) is 63.4 Å². The van der Waals surface area contributed by atoms with Crippen LogP contribution < -0.4 is 10.9 Å². The van der Waals surface area contributed by atoms with E-state index in [1.807, 2.05) is 0 Å². The molecule has 0 amide bonds. The van der Waals surface area contributed by atoms with Crippen LogP contribution in [0.4, 0.5) is 11.4 Å². The highest BCUT2D eigenvalue weighted by Gasteiger charge is 2.19. The number of rotatable bonds is 7. The van der Waals surface area contributed by atoms with Crippen LogP contribution >= 0.6 is 0 Å². The van der Waals surface area contributed by atoms with Crippen molar-refractivity contribution in [1.29, 1.82) is 0 Å². The Kier molecular flexibility index (Phi) is 5.57. The molecule has 2 aliphatic rings. The Morgan fingerprint density at radius 1 is 1.00 bits per heavy atom. The van der Waals surface area contributed by atoms with Gasteiger partial charge in [0.1, 0.15) is 0 Å². The van der Waals surface area contributed by atoms with E-state index in [9.17, 15) is 0 Å². The molecule has 122 valence electrons. The van der Waals surface area contributed by atoms with Crippen molar-refractivity contribution in [3.63, 3.8) is 0 Å². The standard InChI is InChI=1S/C18H30N4/c1-2-7-16-10-14-21(15-11-16)12-5-6-13-22-19-17-8-3-4-9-18(17)20-22/h3-4,8-9,16,19-20H,2,5-7,10-15H2,1H3. The van der Waals surface area contributed by atoms with Gasteiger partial charge in [0.2, 0.25) is 0 Å². The van der Waals surface area contributed by atoms with Gasteiger partial charge in [-0.1, -0.05) is 31.9 Å². The lowest BCUT2D eigenvalue weighted by Gasteiger charge is -2.32. The fraction of sp³-hybridized carbons (Fsp3) is 0.667. The third kappa shape index (κ3) is 4.14. The number of hydrogen-bond donors (Lipinski definition) is 2. The summed E-state index contributed by atoms with van der Waals surface area (Å²) in [6.45, 7) is 7.25. The number of fused-ring (bicyclic) bond motifs is 1. The Bertz CT molecular complexity index is 429. The summed E-state index contributed by atoms with van der Waals surface area (Å²) in [5, 5.41) is 2.11. The van der Waals surface area contributed by atoms with Crippen molar-refractivity contribution < 1.29 is 0 Å². The molecule has 0 saturated carbocycles. The minimum atomic E-state index is 0.998. The first kappa shape index (κ1) is 15.6. The first-order chi connectivity index (χ1) is 10.8. The first-order valence-electron chi connectivity index (χ1n) is 8.97. The van der Waals surface area contributed by atoms with Crippen LogP contribution in [0.3, 0.4) is 0 Å². The van der Waals surface area contributed by atoms with E-state index in [0.29, 0.717) is 0 Å². The highest BCUT2D eigenvalue weighted by Crippen LogP contribution is 2.27. The second-order valence-electron chi connectivity index (χ2n) is 6.70. The van der Waals surface area contributed by atoms with Crippen molar-refractivity contribution in [1.82, 2.24) is 10.0 Å². The van der Waals surface area contributed by atoms with Crippen molar-refractivity contribution in [2.24, 2.45) is 5.92 Å². The van der Waals surface area contributed by atoms with Gasteiger partial charge in [-0.3, -0.25) is 10.9 Å². The first-order valence-corrected chi connectivity index (χ1v) is 8.97. The maximum atomic E-state index is 3.40. The second kappa shape index (κ2) is 7.84. The normalized spacial score (nSPS) is 19.7. The summed E-state index contributed by atoms with van der Waals surface area (Å²) in [5.41, 5.74) is 9.16. The predicted octanol–water partition coefficient (Wildman–Crippen LogP) is 3.95. The molecule has 0 radical (unpaired) electrons. The minimum absolute atomic E-state index is 0.998. The van der Waals surface area contributed by atoms with Crippen molar-refractivity contribution >= 4 is 11.4 Å². The minimum Gasteiger partial charge on any atom is -0.303 e. The predicted molar refractivity (Wildman–Crippen MR) is 93.7 cm³/mol. The Balaban J connectivity index is 1.28. The van der Waals surface area contributed by atoms with Gasteiger partial charge in [0, 0.05) is 6.54 Å². The van der Waals surface area contributed by atoms with Crippen LogP contribution in [0.5, 0.6) is 0 Å². The molecule has 0 aromatic heterocycles. The number of piperidine rings is 1. The molecule has 0 bridgehead atoms. The largest absolute Gasteiger partial charge is 0.303 e. The van der Waals surface area contributed by atoms with Crippen LogP contribution in [0.1, 0.15) is 45.4 Å². The summed E-state index contributed by atoms with van der Waals surface area (Å²) in [4.78, 5) is 2.66. The summed E-state index contributed by atoms with van der Waals surface area (Å²) in [6, 6.07) is 8.36. The van der Waals surface area contributed by atoms with Gasteiger partial charge in [-0.25, -0.2) is 0 Å². The smallest absolute Gasteiger partial charge is 0.0753 e. The van der Waals surface area contributed by atoms with E-state index in [2.05, 4.69) is 52.1 Å². The average Bonchev–Trinajstić information content (AvgIpc) is 2.96. The maximum Gasteiger partial charge on any atom is 0.0753 e. The SMILES string of the molecule is CCCC1CCN(CCCCN2Nc3ccccc3N2)CC1. The van der Waals surface area contributed by atoms with E-state index >= 15 is 0 Å². The Morgan fingerprint density at radius 2 is 1.64 bits per heavy atom. The molecule has 3 rings (SSSR count). The summed E-state index contributed by atoms with van der Waals surface area (Å²) < 4.78 is 0. The number of para-hydroxylation sites is 2. The van der Waals surface area contributed by atoms with Crippen LogP contribution in [-0.2, 0) is 0 Å². The van der Waals surface area contributed by atoms with E-state index in [4.69, 9.17) is 0 Å². The molecular formula is C18H30N4. The number of anilines is 2. The zero-order valence-corrected chi connectivity index (χ0v) is 13.9. The molecule has 0 spiro atoms. The van der Waals surface area contributed by atoms with Gasteiger partial charge in [-0.15, -0.1) is 5.12 Å². The van der Waals surface area contributed by atoms with Gasteiger partial charge < -0.3 is 4.90 Å². The molecule has 1 aromatic carbocycles. The van der Waals surface area contributed by atoms with Crippen LogP contribution in [-0.4, -0.2) is 36.2 Å². The van der Waals surface area contributed by atoms with Gasteiger partial charge >= 0.3 is 0 Å². The van der Waals surface area contributed by atoms with Gasteiger partial charge in [0.05, 0.1) is 11.4 Å². The number of hydrogen-bond acceptors (Lipinski definition) is 4. The number of nitrogens with zero attached hydrogens (tertiary/aromatic N) is 2. The van der Waals surface area contributed by atoms with Crippen molar-refractivity contribution in [3.8, 4) is 0 Å². The number of likely N-dealkylation sites (tertiary alicyclic amines) is 1. The molecule has 22 heavy (non-hydrogen) atoms. The van der Waals surface area contributed by atoms with Crippen LogP contribution in [0.25, 0.3) is 0 Å². The van der Waals surface area contributed by atoms with Crippen molar-refractivity contribution in [2.45, 2.75) is 45.4 Å². The topological polar surface area (TPSA) is 30.5 Å². The summed E-state index contributed by atoms with van der Waals surface area (Å²) >= 11 is 0. The fourth-order valence-corrected chi connectivity index (χ4v) is 3.62. The number of unbranched alkanes of at least 4 members (excludes halogenated alkanes) is 1. The molecule has 1 fully saturated rings. The molecule has 4 heteroatoms. The lowest BCUT2D eigenvalue weighted by Crippen LogP contribution is -2.35. The molecule has 0 aliphatic carbocycles. The Hall–Kier alpha value is -1.26. The lowest BCUT2D eigenvalue weighted by atomic mass is 9.92. The summed E-state index contributed by atoms with van der Waals surface area (Å²) in [6.07, 6.45) is 8.12. The summed E-state index contributed by atoms with van der Waals surface area (Å²) in [5.74, 6) is 0.998. The molecule has 0 atom stereocenters. The van der Waals surface area contributed by atoms with E-state index in [-0.39, 0.29) is 0 Å². The Morgan fingerprint density at radius 3 is 2.27 bits per heavy atom. The van der Waals surface area contributed by atoms with Crippen LogP contribution in [0.2, 0.25) is 0 Å². The highest BCUT2D eigenvalue weighted by molar-refractivity contribution is 5.71. The van der Waals surface area contributed by atoms with E-state index < -0.39 is 0 Å². The maximum absolute atomic E-state index is 3.40. The molecule has 2 N–H and O–H groups in total. The van der Waals surface area contributed by atoms with Crippen molar-refractivity contribution in [2.75, 3.05) is 37.0 Å². The van der Waals surface area contributed by atoms with Gasteiger partial charge in [0.25, 0.3) is 0 Å². The zero-order valence-electron chi connectivity index (χ0n) is 13.9. The zero-order chi connectivity index (χ0) is 15.2. The molecule has 1 saturated heterocycles. The molecule has 2 heterocycles. The quantitative estimate of drug-likeness (QED) is 0.747. The molecule has 4 nitrogen and oxygen atoms in total. The van der Waals surface area contributed by atoms with E-state index in [0.717, 1.165) is 12.5 Å². The second-order valence-corrected chi connectivity index (χ2v) is 6.70. The highest BCUT2D eigenvalue weighted by atomic mass is 15.8. The van der Waals surface area contributed by atoms with E-state index in [1.165, 1.54) is 69.5 Å². The molecule has 1 aromatic rings. The van der Waals surface area contributed by atoms with Crippen LogP contribution in [0, 0.1) is 5.92 Å². The van der Waals surface area contributed by atoms with E-state index in [1.54, 1.807) is 0 Å².